The zero-order valence-electron chi connectivity index (χ0n) is 12.2. The number of hydrogen-bond donors (Lipinski definition) is 2. The first-order chi connectivity index (χ1) is 11.1. The van der Waals surface area contributed by atoms with Crippen LogP contribution in [0.5, 0.6) is 23.0 Å². The Hall–Kier alpha value is -2.85. The summed E-state index contributed by atoms with van der Waals surface area (Å²) in [6.07, 6.45) is 0. The summed E-state index contributed by atoms with van der Waals surface area (Å²) in [5, 5.41) is 0.505. The number of rotatable bonds is 4. The zero-order valence-corrected chi connectivity index (χ0v) is 13.0. The van der Waals surface area contributed by atoms with Crippen molar-refractivity contribution in [1.82, 2.24) is 0 Å². The molecule has 0 heterocycles. The Labute approximate surface area is 139 Å². The van der Waals surface area contributed by atoms with E-state index in [0.717, 1.165) is 0 Å². The largest absolute Gasteiger partial charge is 0.457 e. The maximum Gasteiger partial charge on any atom is 0.132 e. The molecule has 0 aliphatic carbocycles. The Kier molecular flexibility index (Phi) is 4.26. The second-order valence-electron chi connectivity index (χ2n) is 4.97. The maximum atomic E-state index is 6.14. The van der Waals surface area contributed by atoms with Crippen molar-refractivity contribution in [3.8, 4) is 23.0 Å². The van der Waals surface area contributed by atoms with Crippen molar-refractivity contribution in [1.29, 1.82) is 0 Å². The Morgan fingerprint density at radius 3 is 1.52 bits per heavy atom. The molecule has 0 aliphatic rings. The van der Waals surface area contributed by atoms with Crippen molar-refractivity contribution in [2.75, 3.05) is 11.5 Å². The number of hydrogen-bond acceptors (Lipinski definition) is 4. The van der Waals surface area contributed by atoms with Crippen LogP contribution in [0.15, 0.2) is 66.7 Å². The number of halogens is 1. The van der Waals surface area contributed by atoms with Crippen LogP contribution in [-0.4, -0.2) is 0 Å². The zero-order chi connectivity index (χ0) is 16.2. The highest BCUT2D eigenvalue weighted by atomic mass is 35.5. The molecule has 0 unspecified atom stereocenters. The first-order valence-electron chi connectivity index (χ1n) is 6.96. The molecule has 116 valence electrons. The Morgan fingerprint density at radius 1 is 0.609 bits per heavy atom. The molecular weight excluding hydrogens is 312 g/mol. The lowest BCUT2D eigenvalue weighted by molar-refractivity contribution is 0.461. The monoisotopic (exact) mass is 326 g/mol. The van der Waals surface area contributed by atoms with Gasteiger partial charge in [-0.1, -0.05) is 23.7 Å². The van der Waals surface area contributed by atoms with Crippen molar-refractivity contribution < 1.29 is 9.47 Å². The first-order valence-corrected chi connectivity index (χ1v) is 7.34. The lowest BCUT2D eigenvalue weighted by Crippen LogP contribution is -1.90. The van der Waals surface area contributed by atoms with Crippen molar-refractivity contribution >= 4 is 23.0 Å². The molecule has 0 spiro atoms. The summed E-state index contributed by atoms with van der Waals surface area (Å²) in [5.41, 5.74) is 12.7. The highest BCUT2D eigenvalue weighted by Crippen LogP contribution is 2.32. The minimum absolute atomic E-state index is 0.505. The number of anilines is 2. The van der Waals surface area contributed by atoms with Gasteiger partial charge < -0.3 is 20.9 Å². The van der Waals surface area contributed by atoms with E-state index in [9.17, 15) is 0 Å². The number of benzene rings is 3. The summed E-state index contributed by atoms with van der Waals surface area (Å²) in [4.78, 5) is 0. The fraction of sp³-hybridized carbons (Fsp3) is 0. The van der Waals surface area contributed by atoms with E-state index in [2.05, 4.69) is 0 Å². The van der Waals surface area contributed by atoms with Crippen LogP contribution in [0.4, 0.5) is 11.4 Å². The Balaban J connectivity index is 1.84. The lowest BCUT2D eigenvalue weighted by Gasteiger charge is -2.11. The summed E-state index contributed by atoms with van der Waals surface area (Å²) < 4.78 is 11.5. The summed E-state index contributed by atoms with van der Waals surface area (Å²) >= 11 is 6.14. The van der Waals surface area contributed by atoms with Gasteiger partial charge in [-0.3, -0.25) is 0 Å². The van der Waals surface area contributed by atoms with Gasteiger partial charge in [0, 0.05) is 34.6 Å². The van der Waals surface area contributed by atoms with Gasteiger partial charge in [0.2, 0.25) is 0 Å². The molecule has 0 fully saturated rings. The van der Waals surface area contributed by atoms with Crippen molar-refractivity contribution in [3.05, 3.63) is 71.8 Å². The SMILES string of the molecule is Nc1cccc(Oc2cc(Cl)cc(Oc3cccc(N)c3)c2)c1. The summed E-state index contributed by atoms with van der Waals surface area (Å²) in [6, 6.07) is 19.5. The molecule has 3 aromatic carbocycles. The predicted molar refractivity (Wildman–Crippen MR) is 93.3 cm³/mol. The van der Waals surface area contributed by atoms with Gasteiger partial charge >= 0.3 is 0 Å². The molecule has 0 saturated heterocycles. The molecule has 4 N–H and O–H groups in total. The van der Waals surface area contributed by atoms with E-state index in [1.165, 1.54) is 0 Å². The van der Waals surface area contributed by atoms with Crippen LogP contribution in [-0.2, 0) is 0 Å². The van der Waals surface area contributed by atoms with Crippen LogP contribution < -0.4 is 20.9 Å². The van der Waals surface area contributed by atoms with E-state index in [4.69, 9.17) is 32.5 Å². The van der Waals surface area contributed by atoms with Gasteiger partial charge in [-0.25, -0.2) is 0 Å². The van der Waals surface area contributed by atoms with Crippen LogP contribution in [0.25, 0.3) is 0 Å². The Morgan fingerprint density at radius 2 is 1.09 bits per heavy atom. The van der Waals surface area contributed by atoms with Gasteiger partial charge in [0.25, 0.3) is 0 Å². The van der Waals surface area contributed by atoms with Gasteiger partial charge in [0.15, 0.2) is 0 Å². The Bertz CT molecular complexity index is 771. The third-order valence-corrected chi connectivity index (χ3v) is 3.25. The fourth-order valence-corrected chi connectivity index (χ4v) is 2.30. The van der Waals surface area contributed by atoms with Crippen LogP contribution in [0.2, 0.25) is 5.02 Å². The van der Waals surface area contributed by atoms with Gasteiger partial charge in [-0.15, -0.1) is 0 Å². The summed E-state index contributed by atoms with van der Waals surface area (Å²) in [7, 11) is 0. The normalized spacial score (nSPS) is 10.3. The molecule has 5 heteroatoms. The molecule has 0 bridgehead atoms. The van der Waals surface area contributed by atoms with Crippen LogP contribution in [0.1, 0.15) is 0 Å². The van der Waals surface area contributed by atoms with E-state index in [-0.39, 0.29) is 0 Å². The highest BCUT2D eigenvalue weighted by molar-refractivity contribution is 6.30. The lowest BCUT2D eigenvalue weighted by atomic mass is 10.3. The van der Waals surface area contributed by atoms with Gasteiger partial charge in [-0.05, 0) is 36.4 Å². The molecule has 0 aliphatic heterocycles. The van der Waals surface area contributed by atoms with Gasteiger partial charge in [0.1, 0.15) is 23.0 Å². The molecule has 3 rings (SSSR count). The predicted octanol–water partition coefficient (Wildman–Crippen LogP) is 5.09. The van der Waals surface area contributed by atoms with E-state index in [1.54, 1.807) is 42.5 Å². The molecule has 4 nitrogen and oxygen atoms in total. The van der Waals surface area contributed by atoms with Gasteiger partial charge in [0.05, 0.1) is 0 Å². The fourth-order valence-electron chi connectivity index (χ4n) is 2.08. The molecular formula is C18H15ClN2O2. The second kappa shape index (κ2) is 6.50. The maximum absolute atomic E-state index is 6.14. The number of ether oxygens (including phenoxy) is 2. The van der Waals surface area contributed by atoms with Crippen molar-refractivity contribution in [2.45, 2.75) is 0 Å². The van der Waals surface area contributed by atoms with Gasteiger partial charge in [-0.2, -0.15) is 0 Å². The highest BCUT2D eigenvalue weighted by Gasteiger charge is 2.05. The van der Waals surface area contributed by atoms with Crippen LogP contribution >= 0.6 is 11.6 Å². The standard InChI is InChI=1S/C18H15ClN2O2/c19-12-7-17(22-15-5-1-3-13(20)9-15)11-18(8-12)23-16-6-2-4-14(21)10-16/h1-11H,20-21H2. The molecule has 0 aromatic heterocycles. The quantitative estimate of drug-likeness (QED) is 0.655. The number of nitrogen functional groups attached to an aromatic ring is 2. The van der Waals surface area contributed by atoms with Crippen molar-refractivity contribution in [3.63, 3.8) is 0 Å². The summed E-state index contributed by atoms with van der Waals surface area (Å²) in [6.45, 7) is 0. The average molecular weight is 327 g/mol. The van der Waals surface area contributed by atoms with Crippen LogP contribution in [0.3, 0.4) is 0 Å². The smallest absolute Gasteiger partial charge is 0.132 e. The molecule has 3 aromatic rings. The average Bonchev–Trinajstić information content (AvgIpc) is 2.46. The minimum atomic E-state index is 0.505. The minimum Gasteiger partial charge on any atom is -0.457 e. The molecule has 0 radical (unpaired) electrons. The van der Waals surface area contributed by atoms with E-state index >= 15 is 0 Å². The topological polar surface area (TPSA) is 70.5 Å². The molecule has 0 amide bonds. The van der Waals surface area contributed by atoms with E-state index in [0.29, 0.717) is 39.4 Å². The third-order valence-electron chi connectivity index (χ3n) is 3.03. The van der Waals surface area contributed by atoms with Crippen molar-refractivity contribution in [2.24, 2.45) is 0 Å². The molecule has 0 atom stereocenters. The third kappa shape index (κ3) is 4.08. The second-order valence-corrected chi connectivity index (χ2v) is 5.41. The summed E-state index contributed by atoms with van der Waals surface area (Å²) in [5.74, 6) is 2.37. The first kappa shape index (κ1) is 15.1. The number of nitrogens with two attached hydrogens (primary N) is 2. The van der Waals surface area contributed by atoms with E-state index < -0.39 is 0 Å². The van der Waals surface area contributed by atoms with E-state index in [1.807, 2.05) is 24.3 Å². The molecule has 23 heavy (non-hydrogen) atoms. The van der Waals surface area contributed by atoms with Crippen LogP contribution in [0, 0.1) is 0 Å². The molecule has 0 saturated carbocycles.